The van der Waals surface area contributed by atoms with Crippen LogP contribution in [0.3, 0.4) is 0 Å². The number of rotatable bonds is 12. The normalized spacial score (nSPS) is 15.4. The molecule has 0 aliphatic carbocycles. The summed E-state index contributed by atoms with van der Waals surface area (Å²) < 4.78 is 0. The van der Waals surface area contributed by atoms with Gasteiger partial charge in [-0.2, -0.15) is 12.6 Å². The van der Waals surface area contributed by atoms with Crippen LogP contribution < -0.4 is 4.90 Å². The third-order valence-corrected chi connectivity index (χ3v) is 7.48. The van der Waals surface area contributed by atoms with Gasteiger partial charge in [-0.15, -0.1) is 0 Å². The minimum absolute atomic E-state index is 0.140. The number of aliphatic hydroxyl groups excluding tert-OH is 1. The summed E-state index contributed by atoms with van der Waals surface area (Å²) in [6.07, 6.45) is 0.121. The monoisotopic (exact) mass is 577 g/mol. The molecule has 1 heterocycles. The number of carboxylic acids is 2. The molecule has 2 aromatic rings. The summed E-state index contributed by atoms with van der Waals surface area (Å²) in [5.74, 6) is -5.27. The Labute approximate surface area is 237 Å². The molecule has 39 heavy (non-hydrogen) atoms. The van der Waals surface area contributed by atoms with Crippen LogP contribution in [0.15, 0.2) is 48.5 Å². The van der Waals surface area contributed by atoms with Crippen molar-refractivity contribution in [1.29, 1.82) is 0 Å². The number of hydrogen-bond donors (Lipinski definition) is 4. The van der Waals surface area contributed by atoms with Gasteiger partial charge in [0.05, 0.1) is 24.2 Å². The van der Waals surface area contributed by atoms with Crippen LogP contribution in [-0.4, -0.2) is 100.0 Å². The van der Waals surface area contributed by atoms with Crippen LogP contribution in [0, 0.1) is 5.92 Å². The molecule has 0 bridgehead atoms. The van der Waals surface area contributed by atoms with Gasteiger partial charge in [0, 0.05) is 55.5 Å². The largest absolute Gasteiger partial charge is 0.481 e. The highest BCUT2D eigenvalue weighted by Crippen LogP contribution is 2.23. The van der Waals surface area contributed by atoms with Crippen LogP contribution >= 0.6 is 24.2 Å². The lowest BCUT2D eigenvalue weighted by Crippen LogP contribution is -2.49. The molecular weight excluding hydrogens is 546 g/mol. The fourth-order valence-electron chi connectivity index (χ4n) is 4.40. The van der Waals surface area contributed by atoms with Gasteiger partial charge in [0.25, 0.3) is 5.91 Å². The Morgan fingerprint density at radius 1 is 0.949 bits per heavy atom. The fourth-order valence-corrected chi connectivity index (χ4v) is 4.90. The van der Waals surface area contributed by atoms with Gasteiger partial charge < -0.3 is 25.1 Å². The van der Waals surface area contributed by atoms with Crippen molar-refractivity contribution in [2.45, 2.75) is 18.1 Å². The lowest BCUT2D eigenvalue weighted by atomic mass is 9.99. The van der Waals surface area contributed by atoms with E-state index in [-0.39, 0.29) is 12.5 Å². The lowest BCUT2D eigenvalue weighted by molar-refractivity contribution is -0.149. The molecule has 0 saturated carbocycles. The summed E-state index contributed by atoms with van der Waals surface area (Å²) in [4.78, 5) is 53.9. The van der Waals surface area contributed by atoms with Gasteiger partial charge in [-0.25, -0.2) is 0 Å². The Morgan fingerprint density at radius 2 is 1.56 bits per heavy atom. The average Bonchev–Trinajstić information content (AvgIpc) is 2.93. The first-order valence-electron chi connectivity index (χ1n) is 12.5. The van der Waals surface area contributed by atoms with Gasteiger partial charge >= 0.3 is 11.9 Å². The number of aliphatic hydroxyl groups is 1. The Hall–Kier alpha value is -3.12. The maximum atomic E-state index is 13.1. The van der Waals surface area contributed by atoms with E-state index in [0.29, 0.717) is 29.4 Å². The van der Waals surface area contributed by atoms with E-state index < -0.39 is 42.0 Å². The Kier molecular flexibility index (Phi) is 11.2. The Bertz CT molecular complexity index is 1150. The van der Waals surface area contributed by atoms with Crippen molar-refractivity contribution in [2.24, 2.45) is 5.92 Å². The second-order valence-electron chi connectivity index (χ2n) is 9.26. The Morgan fingerprint density at radius 3 is 2.10 bits per heavy atom. The van der Waals surface area contributed by atoms with Crippen LogP contribution in [0.1, 0.15) is 22.3 Å². The number of thiol groups is 1. The van der Waals surface area contributed by atoms with Gasteiger partial charge in [-0.3, -0.25) is 24.1 Å². The number of halogens is 1. The average molecular weight is 578 g/mol. The minimum atomic E-state index is -1.55. The van der Waals surface area contributed by atoms with Crippen molar-refractivity contribution in [2.75, 3.05) is 50.8 Å². The lowest BCUT2D eigenvalue weighted by Gasteiger charge is -2.35. The molecule has 0 aromatic heterocycles. The number of nitrogens with zero attached hydrogens (tertiary/aromatic N) is 3. The summed E-state index contributed by atoms with van der Waals surface area (Å²) in [6.45, 7) is 2.98. The van der Waals surface area contributed by atoms with E-state index in [1.807, 2.05) is 24.3 Å². The number of anilines is 1. The zero-order valence-electron chi connectivity index (χ0n) is 21.3. The van der Waals surface area contributed by atoms with E-state index in [2.05, 4.69) is 17.5 Å². The van der Waals surface area contributed by atoms with Crippen molar-refractivity contribution in [3.8, 4) is 0 Å². The van der Waals surface area contributed by atoms with Crippen LogP contribution in [0.25, 0.3) is 0 Å². The van der Waals surface area contributed by atoms with E-state index in [9.17, 15) is 29.4 Å². The van der Waals surface area contributed by atoms with Crippen molar-refractivity contribution in [3.05, 3.63) is 64.7 Å². The molecule has 0 spiro atoms. The molecule has 1 fully saturated rings. The van der Waals surface area contributed by atoms with E-state index in [4.69, 9.17) is 16.7 Å². The molecule has 1 aliphatic rings. The minimum Gasteiger partial charge on any atom is -0.481 e. The predicted octanol–water partition coefficient (Wildman–Crippen LogP) is 2.14. The summed E-state index contributed by atoms with van der Waals surface area (Å²) >= 11 is 10.0. The quantitative estimate of drug-likeness (QED) is 0.282. The van der Waals surface area contributed by atoms with Crippen molar-refractivity contribution in [1.82, 2.24) is 9.80 Å². The number of carboxylic acid groups (broad SMARTS) is 2. The van der Waals surface area contributed by atoms with E-state index in [0.717, 1.165) is 31.0 Å². The molecule has 12 heteroatoms. The SMILES string of the molecule is O=C(O)CC(C(=O)O)C(S)C(=O)N(CCO)c1ccc(C(=O)N2CCN(CCc3ccc(Cl)cc3)CC2)cc1. The second-order valence-corrected chi connectivity index (χ2v) is 10.3. The molecule has 2 atom stereocenters. The highest BCUT2D eigenvalue weighted by molar-refractivity contribution is 7.81. The number of aliphatic carboxylic acids is 2. The van der Waals surface area contributed by atoms with Gasteiger partial charge in [0.15, 0.2) is 0 Å². The molecule has 3 rings (SSSR count). The number of benzene rings is 2. The van der Waals surface area contributed by atoms with Gasteiger partial charge in [0.2, 0.25) is 5.91 Å². The molecule has 3 N–H and O–H groups in total. The summed E-state index contributed by atoms with van der Waals surface area (Å²) in [6, 6.07) is 14.0. The maximum absolute atomic E-state index is 13.1. The van der Waals surface area contributed by atoms with Gasteiger partial charge in [-0.1, -0.05) is 23.7 Å². The van der Waals surface area contributed by atoms with Gasteiger partial charge in [-0.05, 0) is 48.4 Å². The Balaban J connectivity index is 1.59. The van der Waals surface area contributed by atoms with Crippen molar-refractivity contribution < 1.29 is 34.5 Å². The number of amides is 2. The highest BCUT2D eigenvalue weighted by atomic mass is 35.5. The third-order valence-electron chi connectivity index (χ3n) is 6.65. The highest BCUT2D eigenvalue weighted by Gasteiger charge is 2.36. The molecule has 2 aromatic carbocycles. The number of hydrogen-bond acceptors (Lipinski definition) is 7. The summed E-state index contributed by atoms with van der Waals surface area (Å²) in [7, 11) is 0. The van der Waals surface area contributed by atoms with Crippen molar-refractivity contribution >= 4 is 53.7 Å². The van der Waals surface area contributed by atoms with E-state index in [1.54, 1.807) is 17.0 Å². The molecule has 10 nitrogen and oxygen atoms in total. The first kappa shape index (κ1) is 30.4. The third kappa shape index (κ3) is 8.43. The van der Waals surface area contributed by atoms with Crippen LogP contribution in [0.2, 0.25) is 5.02 Å². The molecule has 2 amide bonds. The van der Waals surface area contributed by atoms with Crippen LogP contribution in [-0.2, 0) is 20.8 Å². The molecular formula is C27H32ClN3O7S. The topological polar surface area (TPSA) is 139 Å². The zero-order chi connectivity index (χ0) is 28.5. The van der Waals surface area contributed by atoms with Crippen LogP contribution in [0.4, 0.5) is 5.69 Å². The molecule has 1 saturated heterocycles. The van der Waals surface area contributed by atoms with Gasteiger partial charge in [0.1, 0.15) is 0 Å². The molecule has 2 unspecified atom stereocenters. The zero-order valence-corrected chi connectivity index (χ0v) is 22.9. The standard InChI is InChI=1S/C27H32ClN3O7S/c28-20-5-1-18(2-6-20)9-10-29-11-13-30(14-12-29)25(35)19-3-7-21(8-4-19)31(15-16-32)26(36)24(39)22(27(37)38)17-23(33)34/h1-8,22,24,32,39H,9-17H2,(H,33,34)(H,37,38). The first-order valence-corrected chi connectivity index (χ1v) is 13.4. The predicted molar refractivity (Wildman–Crippen MR) is 150 cm³/mol. The van der Waals surface area contributed by atoms with E-state index >= 15 is 0 Å². The summed E-state index contributed by atoms with van der Waals surface area (Å²) in [5.41, 5.74) is 1.97. The number of piperazine rings is 1. The molecule has 1 aliphatic heterocycles. The number of carbonyl (C=O) groups is 4. The fraction of sp³-hybridized carbons (Fsp3) is 0.407. The smallest absolute Gasteiger partial charge is 0.308 e. The van der Waals surface area contributed by atoms with Crippen molar-refractivity contribution in [3.63, 3.8) is 0 Å². The first-order chi connectivity index (χ1) is 18.6. The second kappa shape index (κ2) is 14.3. The summed E-state index contributed by atoms with van der Waals surface area (Å²) in [5, 5.41) is 27.1. The van der Waals surface area contributed by atoms with E-state index in [1.165, 1.54) is 17.7 Å². The molecule has 210 valence electrons. The van der Waals surface area contributed by atoms with Crippen LogP contribution in [0.5, 0.6) is 0 Å². The maximum Gasteiger partial charge on any atom is 0.308 e. The molecule has 0 radical (unpaired) electrons. The number of carbonyl (C=O) groups excluding carboxylic acids is 2.